The van der Waals surface area contributed by atoms with Crippen LogP contribution in [0.25, 0.3) is 10.9 Å². The first-order chi connectivity index (χ1) is 15.1. The highest BCUT2D eigenvalue weighted by Crippen LogP contribution is 2.38. The number of esters is 1. The summed E-state index contributed by atoms with van der Waals surface area (Å²) in [5.74, 6) is 0.601. The molecular weight excluding hydrogens is 436 g/mol. The third kappa shape index (κ3) is 7.52. The highest BCUT2D eigenvalue weighted by atomic mass is 28.4. The fourth-order valence-corrected chi connectivity index (χ4v) is 4.20. The molecule has 7 nitrogen and oxygen atoms in total. The molecule has 0 aliphatic heterocycles. The van der Waals surface area contributed by atoms with Crippen molar-refractivity contribution in [2.24, 2.45) is 0 Å². The van der Waals surface area contributed by atoms with Gasteiger partial charge in [0.15, 0.2) is 0 Å². The van der Waals surface area contributed by atoms with E-state index in [1.807, 2.05) is 39.1 Å². The van der Waals surface area contributed by atoms with E-state index in [1.165, 1.54) is 7.11 Å². The van der Waals surface area contributed by atoms with Gasteiger partial charge < -0.3 is 23.8 Å². The lowest BCUT2D eigenvalue weighted by Crippen LogP contribution is -2.43. The molecule has 0 atom stereocenters. The van der Waals surface area contributed by atoms with E-state index in [0.29, 0.717) is 19.5 Å². The van der Waals surface area contributed by atoms with E-state index in [0.717, 1.165) is 22.2 Å². The summed E-state index contributed by atoms with van der Waals surface area (Å²) in [5, 5.41) is 3.97. The van der Waals surface area contributed by atoms with E-state index in [1.54, 1.807) is 0 Å². The molecule has 0 bridgehead atoms. The fraction of sp³-hybridized carbons (Fsp3) is 0.600. The number of hydrogen-bond acceptors (Lipinski definition) is 5. The molecular formula is C25H40N2O5Si. The molecule has 184 valence electrons. The molecule has 0 unspecified atom stereocenters. The van der Waals surface area contributed by atoms with Crippen LogP contribution < -0.4 is 9.74 Å². The molecule has 0 saturated carbocycles. The number of rotatable bonds is 8. The maximum atomic E-state index is 12.0. The van der Waals surface area contributed by atoms with Crippen molar-refractivity contribution in [3.63, 3.8) is 0 Å². The molecule has 0 spiro atoms. The minimum absolute atomic E-state index is 0.0918. The number of fused-ring (bicyclic) bond motifs is 1. The number of alkyl carbamates (subject to hydrolysis) is 1. The van der Waals surface area contributed by atoms with Gasteiger partial charge in [0.25, 0.3) is 0 Å². The Bertz CT molecular complexity index is 983. The highest BCUT2D eigenvalue weighted by Gasteiger charge is 2.39. The van der Waals surface area contributed by atoms with Gasteiger partial charge in [-0.3, -0.25) is 4.79 Å². The molecule has 0 saturated heterocycles. The topological polar surface area (TPSA) is 78.8 Å². The minimum atomic E-state index is -1.98. The average Bonchev–Trinajstić information content (AvgIpc) is 3.00. The maximum absolute atomic E-state index is 12.0. The molecule has 8 heteroatoms. The number of aromatic nitrogens is 1. The van der Waals surface area contributed by atoms with Gasteiger partial charge >= 0.3 is 12.1 Å². The molecule has 1 N–H and O–H groups in total. The average molecular weight is 477 g/mol. The van der Waals surface area contributed by atoms with Crippen molar-refractivity contribution in [3.8, 4) is 5.75 Å². The van der Waals surface area contributed by atoms with Crippen LogP contribution in [0.15, 0.2) is 24.4 Å². The number of methoxy groups -OCH3 is 1. The summed E-state index contributed by atoms with van der Waals surface area (Å²) >= 11 is 0. The summed E-state index contributed by atoms with van der Waals surface area (Å²) in [6, 6.07) is 6.12. The van der Waals surface area contributed by atoms with Crippen molar-refractivity contribution in [2.75, 3.05) is 13.7 Å². The molecule has 1 heterocycles. The molecule has 1 aromatic heterocycles. The molecule has 33 heavy (non-hydrogen) atoms. The van der Waals surface area contributed by atoms with Crippen LogP contribution in [0.2, 0.25) is 18.1 Å². The Labute approximate surface area is 198 Å². The third-order valence-electron chi connectivity index (χ3n) is 5.96. The van der Waals surface area contributed by atoms with Crippen LogP contribution in [0.3, 0.4) is 0 Å². The zero-order chi connectivity index (χ0) is 25.0. The Balaban J connectivity index is 2.29. The first-order valence-electron chi connectivity index (χ1n) is 11.5. The fourth-order valence-electron chi connectivity index (χ4n) is 3.17. The normalized spacial score (nSPS) is 12.5. The van der Waals surface area contributed by atoms with Crippen LogP contribution in [-0.4, -0.2) is 44.2 Å². The predicted octanol–water partition coefficient (Wildman–Crippen LogP) is 5.66. The summed E-state index contributed by atoms with van der Waals surface area (Å²) in [7, 11) is -0.586. The zero-order valence-electron chi connectivity index (χ0n) is 21.6. The van der Waals surface area contributed by atoms with E-state index in [-0.39, 0.29) is 17.4 Å². The molecule has 0 aliphatic carbocycles. The zero-order valence-corrected chi connectivity index (χ0v) is 22.6. The minimum Gasteiger partial charge on any atom is -0.543 e. The van der Waals surface area contributed by atoms with Crippen LogP contribution >= 0.6 is 0 Å². The third-order valence-corrected chi connectivity index (χ3v) is 10.3. The van der Waals surface area contributed by atoms with Crippen molar-refractivity contribution >= 4 is 31.3 Å². The monoisotopic (exact) mass is 476 g/mol. The molecule has 0 fully saturated rings. The highest BCUT2D eigenvalue weighted by molar-refractivity contribution is 6.74. The molecule has 0 radical (unpaired) electrons. The van der Waals surface area contributed by atoms with Gasteiger partial charge in [0.1, 0.15) is 11.4 Å². The SMILES string of the molecule is COC(=O)CCn1cc(CCNC(=O)OC(C)(C)C)c2cc(O[Si](C)(C)C(C)(C)C)ccc21. The lowest BCUT2D eigenvalue weighted by Gasteiger charge is -2.36. The number of nitrogens with zero attached hydrogens (tertiary/aromatic N) is 1. The number of benzene rings is 1. The Kier molecular flexibility index (Phi) is 8.27. The standard InChI is InChI=1S/C25H40N2O5Si/c1-24(2,3)31-23(29)26-14-12-18-17-27(15-13-22(28)30-7)21-11-10-19(16-20(18)21)32-33(8,9)25(4,5)6/h10-11,16-17H,12-15H2,1-9H3,(H,26,29). The Hall–Kier alpha value is -2.48. The summed E-state index contributed by atoms with van der Waals surface area (Å²) < 4.78 is 18.7. The quantitative estimate of drug-likeness (QED) is 0.393. The molecule has 2 aromatic rings. The molecule has 1 amide bonds. The number of carbonyl (C=O) groups is 2. The van der Waals surface area contributed by atoms with Crippen LogP contribution in [0.5, 0.6) is 5.75 Å². The van der Waals surface area contributed by atoms with Crippen molar-refractivity contribution in [1.29, 1.82) is 0 Å². The lowest BCUT2D eigenvalue weighted by molar-refractivity contribution is -0.140. The number of ether oxygens (including phenoxy) is 2. The first kappa shape index (κ1) is 26.8. The second-order valence-corrected chi connectivity index (χ2v) is 15.6. The van der Waals surface area contributed by atoms with Gasteiger partial charge in [-0.2, -0.15) is 0 Å². The molecule has 2 rings (SSSR count). The largest absolute Gasteiger partial charge is 0.543 e. The van der Waals surface area contributed by atoms with E-state index < -0.39 is 20.0 Å². The number of carbonyl (C=O) groups excluding carboxylic acids is 2. The summed E-state index contributed by atoms with van der Waals surface area (Å²) in [6.07, 6.45) is 2.53. The van der Waals surface area contributed by atoms with Crippen molar-refractivity contribution < 1.29 is 23.5 Å². The van der Waals surface area contributed by atoms with E-state index >= 15 is 0 Å². The maximum Gasteiger partial charge on any atom is 0.407 e. The Morgan fingerprint density at radius 3 is 2.33 bits per heavy atom. The number of nitrogens with one attached hydrogen (secondary N) is 1. The lowest BCUT2D eigenvalue weighted by atomic mass is 10.1. The second kappa shape index (κ2) is 10.2. The number of aryl methyl sites for hydroxylation is 1. The predicted molar refractivity (Wildman–Crippen MR) is 134 cm³/mol. The van der Waals surface area contributed by atoms with Crippen LogP contribution in [0.4, 0.5) is 4.79 Å². The van der Waals surface area contributed by atoms with Gasteiger partial charge in [-0.15, -0.1) is 0 Å². The van der Waals surface area contributed by atoms with Crippen molar-refractivity contribution in [2.45, 2.75) is 84.7 Å². The van der Waals surface area contributed by atoms with Gasteiger partial charge in [-0.05, 0) is 69.1 Å². The molecule has 1 aromatic carbocycles. The van der Waals surface area contributed by atoms with Gasteiger partial charge in [-0.25, -0.2) is 4.79 Å². The Morgan fingerprint density at radius 2 is 1.76 bits per heavy atom. The molecule has 0 aliphatic rings. The second-order valence-electron chi connectivity index (χ2n) is 10.9. The van der Waals surface area contributed by atoms with Crippen molar-refractivity contribution in [3.05, 3.63) is 30.0 Å². The van der Waals surface area contributed by atoms with Crippen LogP contribution in [0.1, 0.15) is 53.5 Å². The van der Waals surface area contributed by atoms with Crippen LogP contribution in [0, 0.1) is 0 Å². The van der Waals surface area contributed by atoms with Gasteiger partial charge in [0.05, 0.1) is 13.5 Å². The summed E-state index contributed by atoms with van der Waals surface area (Å²) in [5.41, 5.74) is 1.56. The summed E-state index contributed by atoms with van der Waals surface area (Å²) in [4.78, 5) is 23.7. The van der Waals surface area contributed by atoms with Gasteiger partial charge in [0.2, 0.25) is 8.32 Å². The summed E-state index contributed by atoms with van der Waals surface area (Å²) in [6.45, 7) is 17.6. The van der Waals surface area contributed by atoms with E-state index in [4.69, 9.17) is 13.9 Å². The van der Waals surface area contributed by atoms with Gasteiger partial charge in [0, 0.05) is 30.2 Å². The van der Waals surface area contributed by atoms with Crippen molar-refractivity contribution in [1.82, 2.24) is 9.88 Å². The number of amides is 1. The Morgan fingerprint density at radius 1 is 1.09 bits per heavy atom. The first-order valence-corrected chi connectivity index (χ1v) is 14.4. The van der Waals surface area contributed by atoms with E-state index in [9.17, 15) is 9.59 Å². The van der Waals surface area contributed by atoms with E-state index in [2.05, 4.69) is 49.8 Å². The number of hydrogen-bond donors (Lipinski definition) is 1. The van der Waals surface area contributed by atoms with Gasteiger partial charge in [-0.1, -0.05) is 20.8 Å². The van der Waals surface area contributed by atoms with Crippen LogP contribution in [-0.2, 0) is 27.2 Å². The smallest absolute Gasteiger partial charge is 0.407 e.